The smallest absolute Gasteiger partial charge is 0.325 e. The van der Waals surface area contributed by atoms with Gasteiger partial charge >= 0.3 is 6.18 Å². The van der Waals surface area contributed by atoms with E-state index in [-0.39, 0.29) is 10.6 Å². The van der Waals surface area contributed by atoms with Gasteiger partial charge in [0.1, 0.15) is 6.42 Å². The van der Waals surface area contributed by atoms with Crippen molar-refractivity contribution in [3.05, 3.63) is 23.3 Å². The third kappa shape index (κ3) is 4.49. The highest BCUT2D eigenvalue weighted by Crippen LogP contribution is 2.26. The van der Waals surface area contributed by atoms with Crippen LogP contribution in [0.2, 0.25) is 0 Å². The maximum absolute atomic E-state index is 12.1. The monoisotopic (exact) mass is 310 g/mol. The third-order valence-electron chi connectivity index (χ3n) is 2.46. The first-order chi connectivity index (χ1) is 8.90. The fourth-order valence-electron chi connectivity index (χ4n) is 1.65. The molecule has 1 rings (SSSR count). The Bertz CT molecular complexity index is 616. The molecular weight excluding hydrogens is 297 g/mol. The highest BCUT2D eigenvalue weighted by atomic mass is 32.2. The molecule has 9 heteroatoms. The van der Waals surface area contributed by atoms with Crippen LogP contribution in [0, 0.1) is 13.8 Å². The third-order valence-corrected chi connectivity index (χ3v) is 3.35. The lowest BCUT2D eigenvalue weighted by Crippen LogP contribution is -2.22. The number of anilines is 1. The van der Waals surface area contributed by atoms with Gasteiger partial charge in [-0.3, -0.25) is 4.79 Å². The molecule has 0 aromatic heterocycles. The Balaban J connectivity index is 3.07. The van der Waals surface area contributed by atoms with Crippen molar-refractivity contribution in [2.45, 2.75) is 31.3 Å². The van der Waals surface area contributed by atoms with E-state index >= 15 is 0 Å². The number of benzene rings is 1. The molecule has 1 aromatic carbocycles. The maximum Gasteiger partial charge on any atom is 0.397 e. The van der Waals surface area contributed by atoms with Gasteiger partial charge in [0.2, 0.25) is 15.9 Å². The van der Waals surface area contributed by atoms with E-state index in [9.17, 15) is 26.4 Å². The molecule has 3 N–H and O–H groups in total. The lowest BCUT2D eigenvalue weighted by Gasteiger charge is -2.14. The summed E-state index contributed by atoms with van der Waals surface area (Å²) in [6.07, 6.45) is -6.21. The molecule has 1 aromatic rings. The normalized spacial score (nSPS) is 12.3. The summed E-state index contributed by atoms with van der Waals surface area (Å²) in [5.41, 5.74) is 0.765. The molecule has 0 fully saturated rings. The number of nitrogens with two attached hydrogens (primary N) is 1. The molecule has 0 radical (unpaired) electrons. The van der Waals surface area contributed by atoms with Crippen LogP contribution in [-0.2, 0) is 14.8 Å². The van der Waals surface area contributed by atoms with Crippen LogP contribution in [0.1, 0.15) is 17.5 Å². The van der Waals surface area contributed by atoms with E-state index in [1.54, 1.807) is 0 Å². The van der Waals surface area contributed by atoms with Crippen molar-refractivity contribution >= 4 is 21.6 Å². The Morgan fingerprint density at radius 1 is 1.25 bits per heavy atom. The van der Waals surface area contributed by atoms with Crippen molar-refractivity contribution in [1.82, 2.24) is 0 Å². The topological polar surface area (TPSA) is 89.3 Å². The number of carbonyl (C=O) groups is 1. The highest BCUT2D eigenvalue weighted by Gasteiger charge is 2.31. The first-order valence-electron chi connectivity index (χ1n) is 5.41. The number of carbonyl (C=O) groups excluding carboxylic acids is 1. The molecule has 0 aliphatic carbocycles. The summed E-state index contributed by atoms with van der Waals surface area (Å²) in [7, 11) is -3.91. The molecule has 0 heterocycles. The molecule has 20 heavy (non-hydrogen) atoms. The molecule has 5 nitrogen and oxygen atoms in total. The van der Waals surface area contributed by atoms with Crippen molar-refractivity contribution in [2.24, 2.45) is 5.14 Å². The van der Waals surface area contributed by atoms with Gasteiger partial charge in [-0.05, 0) is 37.1 Å². The molecule has 0 saturated carbocycles. The van der Waals surface area contributed by atoms with E-state index in [2.05, 4.69) is 5.32 Å². The largest absolute Gasteiger partial charge is 0.397 e. The van der Waals surface area contributed by atoms with E-state index in [4.69, 9.17) is 5.14 Å². The fourth-order valence-corrected chi connectivity index (χ4v) is 2.33. The fraction of sp³-hybridized carbons (Fsp3) is 0.364. The van der Waals surface area contributed by atoms with Gasteiger partial charge in [0.25, 0.3) is 0 Å². The maximum atomic E-state index is 12.1. The number of hydrogen-bond donors (Lipinski definition) is 2. The number of rotatable bonds is 3. The Labute approximate surface area is 114 Å². The molecule has 1 amide bonds. The second kappa shape index (κ2) is 5.41. The molecule has 0 spiro atoms. The number of primary sulfonamides is 1. The van der Waals surface area contributed by atoms with Crippen LogP contribution in [0.25, 0.3) is 0 Å². The Kier molecular flexibility index (Phi) is 4.45. The van der Waals surface area contributed by atoms with E-state index < -0.39 is 28.5 Å². The minimum atomic E-state index is -4.60. The van der Waals surface area contributed by atoms with Crippen LogP contribution >= 0.6 is 0 Å². The van der Waals surface area contributed by atoms with Gasteiger partial charge in [-0.1, -0.05) is 0 Å². The zero-order chi connectivity index (χ0) is 15.7. The van der Waals surface area contributed by atoms with Gasteiger partial charge in [0.15, 0.2) is 0 Å². The number of hydrogen-bond acceptors (Lipinski definition) is 3. The molecule has 0 aliphatic heterocycles. The first-order valence-corrected chi connectivity index (χ1v) is 6.95. The second-order valence-electron chi connectivity index (χ2n) is 4.32. The van der Waals surface area contributed by atoms with E-state index in [1.807, 2.05) is 0 Å². The Hall–Kier alpha value is -1.61. The van der Waals surface area contributed by atoms with Gasteiger partial charge in [0.05, 0.1) is 4.90 Å². The van der Waals surface area contributed by atoms with Crippen molar-refractivity contribution in [3.8, 4) is 0 Å². The standard InChI is InChI=1S/C11H13F3N2O3S/c1-6-3-8(20(15,18)19)4-7(2)10(6)16-9(17)5-11(12,13)14/h3-4H,5H2,1-2H3,(H,16,17)(H2,15,18,19). The van der Waals surface area contributed by atoms with Crippen LogP contribution in [0.3, 0.4) is 0 Å². The molecule has 0 saturated heterocycles. The molecule has 0 atom stereocenters. The van der Waals surface area contributed by atoms with E-state index in [0.29, 0.717) is 11.1 Å². The number of aryl methyl sites for hydroxylation is 2. The predicted molar refractivity (Wildman–Crippen MR) is 66.6 cm³/mol. The quantitative estimate of drug-likeness (QED) is 0.892. The van der Waals surface area contributed by atoms with Crippen LogP contribution in [0.5, 0.6) is 0 Å². The summed E-state index contributed by atoms with van der Waals surface area (Å²) < 4.78 is 58.6. The van der Waals surface area contributed by atoms with Crippen molar-refractivity contribution < 1.29 is 26.4 Å². The van der Waals surface area contributed by atoms with Gasteiger partial charge in [-0.25, -0.2) is 13.6 Å². The number of amides is 1. The van der Waals surface area contributed by atoms with Crippen molar-refractivity contribution in [3.63, 3.8) is 0 Å². The van der Waals surface area contributed by atoms with Gasteiger partial charge in [-0.15, -0.1) is 0 Å². The minimum absolute atomic E-state index is 0.145. The summed E-state index contributed by atoms with van der Waals surface area (Å²) in [5, 5.41) is 7.08. The summed E-state index contributed by atoms with van der Waals surface area (Å²) in [5.74, 6) is -1.22. The van der Waals surface area contributed by atoms with Gasteiger partial charge < -0.3 is 5.32 Å². The van der Waals surface area contributed by atoms with Crippen molar-refractivity contribution in [2.75, 3.05) is 5.32 Å². The lowest BCUT2D eigenvalue weighted by atomic mass is 10.1. The zero-order valence-electron chi connectivity index (χ0n) is 10.7. The SMILES string of the molecule is Cc1cc(S(N)(=O)=O)cc(C)c1NC(=O)CC(F)(F)F. The van der Waals surface area contributed by atoms with E-state index in [1.165, 1.54) is 26.0 Å². The number of alkyl halides is 3. The van der Waals surface area contributed by atoms with Crippen LogP contribution in [0.15, 0.2) is 17.0 Å². The minimum Gasteiger partial charge on any atom is -0.325 e. The second-order valence-corrected chi connectivity index (χ2v) is 5.88. The summed E-state index contributed by atoms with van der Waals surface area (Å²) in [6.45, 7) is 2.93. The summed E-state index contributed by atoms with van der Waals surface area (Å²) in [6, 6.07) is 2.37. The molecule has 0 aliphatic rings. The number of halogens is 3. The number of sulfonamides is 1. The first kappa shape index (κ1) is 16.4. The zero-order valence-corrected chi connectivity index (χ0v) is 11.5. The number of nitrogens with one attached hydrogen (secondary N) is 1. The van der Waals surface area contributed by atoms with Gasteiger partial charge in [0, 0.05) is 5.69 Å². The molecule has 0 unspecified atom stereocenters. The van der Waals surface area contributed by atoms with E-state index in [0.717, 1.165) is 0 Å². The molecule has 112 valence electrons. The Morgan fingerprint density at radius 2 is 1.70 bits per heavy atom. The summed E-state index contributed by atoms with van der Waals surface area (Å²) in [4.78, 5) is 11.1. The Morgan fingerprint density at radius 3 is 2.05 bits per heavy atom. The molecule has 0 bridgehead atoms. The van der Waals surface area contributed by atoms with Crippen LogP contribution < -0.4 is 10.5 Å². The summed E-state index contributed by atoms with van der Waals surface area (Å²) >= 11 is 0. The predicted octanol–water partition coefficient (Wildman–Crippen LogP) is 1.84. The van der Waals surface area contributed by atoms with Gasteiger partial charge in [-0.2, -0.15) is 13.2 Å². The molecular formula is C11H13F3N2O3S. The average Bonchev–Trinajstić information content (AvgIpc) is 2.19. The lowest BCUT2D eigenvalue weighted by molar-refractivity contribution is -0.150. The average molecular weight is 310 g/mol. The highest BCUT2D eigenvalue weighted by molar-refractivity contribution is 7.89. The van der Waals surface area contributed by atoms with Crippen molar-refractivity contribution in [1.29, 1.82) is 0 Å². The van der Waals surface area contributed by atoms with Crippen LogP contribution in [-0.4, -0.2) is 20.5 Å². The van der Waals surface area contributed by atoms with Crippen LogP contribution in [0.4, 0.5) is 18.9 Å².